The Morgan fingerprint density at radius 2 is 2.05 bits per heavy atom. The van der Waals surface area contributed by atoms with E-state index in [1.54, 1.807) is 26.0 Å². The van der Waals surface area contributed by atoms with E-state index >= 15 is 0 Å². The fourth-order valence-electron chi connectivity index (χ4n) is 1.81. The second-order valence-corrected chi connectivity index (χ2v) is 5.05. The van der Waals surface area contributed by atoms with Gasteiger partial charge in [-0.15, -0.1) is 0 Å². The Hall–Kier alpha value is -2.30. The summed E-state index contributed by atoms with van der Waals surface area (Å²) in [6.07, 6.45) is 0.433. The molecule has 106 valence electrons. The summed E-state index contributed by atoms with van der Waals surface area (Å²) in [7, 11) is 0. The molecule has 2 aromatic rings. The van der Waals surface area contributed by atoms with Crippen molar-refractivity contribution in [2.75, 3.05) is 6.54 Å². The third-order valence-electron chi connectivity index (χ3n) is 3.59. The van der Waals surface area contributed by atoms with Crippen molar-refractivity contribution in [3.8, 4) is 0 Å². The molecule has 0 bridgehead atoms. The molecule has 0 saturated heterocycles. The first-order chi connectivity index (χ1) is 9.46. The molecule has 0 aliphatic rings. The lowest BCUT2D eigenvalue weighted by Crippen LogP contribution is -2.40. The number of amides is 1. The van der Waals surface area contributed by atoms with E-state index in [-0.39, 0.29) is 12.3 Å². The second-order valence-electron chi connectivity index (χ2n) is 5.05. The van der Waals surface area contributed by atoms with Crippen LogP contribution in [0.1, 0.15) is 30.8 Å². The maximum absolute atomic E-state index is 12.0. The highest BCUT2D eigenvalue weighted by Crippen LogP contribution is 2.21. The van der Waals surface area contributed by atoms with E-state index in [0.717, 1.165) is 5.39 Å². The second kappa shape index (κ2) is 5.36. The number of hydrogen-bond acceptors (Lipinski definition) is 3. The van der Waals surface area contributed by atoms with Gasteiger partial charge in [0.1, 0.15) is 5.58 Å². The van der Waals surface area contributed by atoms with E-state index in [0.29, 0.717) is 12.0 Å². The largest absolute Gasteiger partial charge is 0.481 e. The molecular weight excluding hydrogens is 258 g/mol. The predicted molar refractivity (Wildman–Crippen MR) is 74.6 cm³/mol. The van der Waals surface area contributed by atoms with E-state index in [4.69, 9.17) is 9.52 Å². The smallest absolute Gasteiger partial charge is 0.311 e. The van der Waals surface area contributed by atoms with E-state index in [1.165, 1.54) is 0 Å². The molecule has 0 spiro atoms. The number of rotatable bonds is 5. The molecule has 0 radical (unpaired) electrons. The normalized spacial score (nSPS) is 13.9. The molecule has 5 heteroatoms. The maximum atomic E-state index is 12.0. The van der Waals surface area contributed by atoms with Crippen LogP contribution in [0.4, 0.5) is 0 Å². The number of aliphatic carboxylic acids is 1. The number of hydrogen-bond donors (Lipinski definition) is 2. The van der Waals surface area contributed by atoms with Gasteiger partial charge in [0.2, 0.25) is 0 Å². The van der Waals surface area contributed by atoms with Crippen LogP contribution in [0.5, 0.6) is 0 Å². The van der Waals surface area contributed by atoms with Gasteiger partial charge in [-0.3, -0.25) is 9.59 Å². The van der Waals surface area contributed by atoms with Crippen molar-refractivity contribution in [1.29, 1.82) is 0 Å². The molecule has 1 atom stereocenters. The van der Waals surface area contributed by atoms with Crippen LogP contribution in [0.25, 0.3) is 11.0 Å². The Bertz CT molecular complexity index is 613. The molecule has 1 heterocycles. The number of nitrogens with one attached hydrogen (secondary N) is 1. The van der Waals surface area contributed by atoms with Gasteiger partial charge in [0.15, 0.2) is 5.76 Å². The molecule has 5 nitrogen and oxygen atoms in total. The minimum atomic E-state index is -0.971. The zero-order valence-electron chi connectivity index (χ0n) is 11.5. The van der Waals surface area contributed by atoms with Gasteiger partial charge in [0, 0.05) is 11.9 Å². The minimum Gasteiger partial charge on any atom is -0.481 e. The number of fused-ring (bicyclic) bond motifs is 1. The van der Waals surface area contributed by atoms with Crippen LogP contribution in [0.15, 0.2) is 34.7 Å². The lowest BCUT2D eigenvalue weighted by Gasteiger charge is -2.22. The lowest BCUT2D eigenvalue weighted by molar-refractivity contribution is -0.147. The molecule has 2 rings (SSSR count). The summed E-state index contributed by atoms with van der Waals surface area (Å²) in [5.74, 6) is -1.14. The minimum absolute atomic E-state index is 0.0642. The summed E-state index contributed by atoms with van der Waals surface area (Å²) in [5, 5.41) is 12.6. The van der Waals surface area contributed by atoms with Crippen molar-refractivity contribution in [3.05, 3.63) is 36.1 Å². The van der Waals surface area contributed by atoms with Crippen LogP contribution in [-0.2, 0) is 4.79 Å². The van der Waals surface area contributed by atoms with Crippen LogP contribution >= 0.6 is 0 Å². The van der Waals surface area contributed by atoms with E-state index in [1.807, 2.05) is 18.2 Å². The summed E-state index contributed by atoms with van der Waals surface area (Å²) >= 11 is 0. The molecule has 0 aliphatic heterocycles. The molecule has 2 N–H and O–H groups in total. The summed E-state index contributed by atoms with van der Waals surface area (Å²) in [5.41, 5.74) is -0.337. The molecule has 1 unspecified atom stereocenters. The molecule has 20 heavy (non-hydrogen) atoms. The summed E-state index contributed by atoms with van der Waals surface area (Å²) in [4.78, 5) is 23.2. The number of carboxylic acid groups (broad SMARTS) is 1. The number of benzene rings is 1. The molecule has 1 aromatic heterocycles. The molecule has 0 fully saturated rings. The van der Waals surface area contributed by atoms with Gasteiger partial charge >= 0.3 is 5.97 Å². The lowest BCUT2D eigenvalue weighted by atomic mass is 9.88. The monoisotopic (exact) mass is 275 g/mol. The maximum Gasteiger partial charge on any atom is 0.311 e. The summed E-state index contributed by atoms with van der Waals surface area (Å²) < 4.78 is 5.43. The SMILES string of the molecule is CCC(C)(CNC(=O)c1cc2ccccc2o1)C(=O)O. The van der Waals surface area contributed by atoms with E-state index in [2.05, 4.69) is 5.32 Å². The summed E-state index contributed by atoms with van der Waals surface area (Å²) in [6, 6.07) is 8.96. The van der Waals surface area contributed by atoms with Gasteiger partial charge in [-0.25, -0.2) is 0 Å². The van der Waals surface area contributed by atoms with Crippen molar-refractivity contribution in [2.24, 2.45) is 5.41 Å². The van der Waals surface area contributed by atoms with Gasteiger partial charge < -0.3 is 14.8 Å². The molecule has 0 aliphatic carbocycles. The highest BCUT2D eigenvalue weighted by molar-refractivity contribution is 5.96. The van der Waals surface area contributed by atoms with Gasteiger partial charge in [-0.05, 0) is 25.5 Å². The van der Waals surface area contributed by atoms with Crippen molar-refractivity contribution in [1.82, 2.24) is 5.32 Å². The van der Waals surface area contributed by atoms with Gasteiger partial charge in [0.25, 0.3) is 5.91 Å². The van der Waals surface area contributed by atoms with Crippen molar-refractivity contribution in [2.45, 2.75) is 20.3 Å². The zero-order chi connectivity index (χ0) is 14.8. The first kappa shape index (κ1) is 14.1. The van der Waals surface area contributed by atoms with Crippen molar-refractivity contribution in [3.63, 3.8) is 0 Å². The van der Waals surface area contributed by atoms with Crippen LogP contribution in [0.2, 0.25) is 0 Å². The Morgan fingerprint density at radius 3 is 2.65 bits per heavy atom. The molecular formula is C15H17NO4. The fourth-order valence-corrected chi connectivity index (χ4v) is 1.81. The number of carbonyl (C=O) groups excluding carboxylic acids is 1. The number of carboxylic acids is 1. The fraction of sp³-hybridized carbons (Fsp3) is 0.333. The van der Waals surface area contributed by atoms with Crippen LogP contribution < -0.4 is 5.32 Å². The van der Waals surface area contributed by atoms with Crippen molar-refractivity contribution < 1.29 is 19.1 Å². The average Bonchev–Trinajstić information content (AvgIpc) is 2.88. The zero-order valence-corrected chi connectivity index (χ0v) is 11.5. The molecule has 0 saturated carbocycles. The number of furan rings is 1. The standard InChI is InChI=1S/C15H17NO4/c1-3-15(2,14(18)19)9-16-13(17)12-8-10-6-4-5-7-11(10)20-12/h4-8H,3,9H2,1-2H3,(H,16,17)(H,18,19). The average molecular weight is 275 g/mol. The van der Waals surface area contributed by atoms with E-state index < -0.39 is 17.3 Å². The third-order valence-corrected chi connectivity index (χ3v) is 3.59. The Labute approximate surface area is 116 Å². The van der Waals surface area contributed by atoms with Gasteiger partial charge in [-0.2, -0.15) is 0 Å². The highest BCUT2D eigenvalue weighted by Gasteiger charge is 2.31. The van der Waals surface area contributed by atoms with Crippen LogP contribution in [0.3, 0.4) is 0 Å². The first-order valence-electron chi connectivity index (χ1n) is 6.46. The number of para-hydroxylation sites is 1. The summed E-state index contributed by atoms with van der Waals surface area (Å²) in [6.45, 7) is 3.45. The van der Waals surface area contributed by atoms with E-state index in [9.17, 15) is 9.59 Å². The topological polar surface area (TPSA) is 79.5 Å². The Kier molecular flexibility index (Phi) is 3.79. The van der Waals surface area contributed by atoms with Gasteiger partial charge in [-0.1, -0.05) is 25.1 Å². The first-order valence-corrected chi connectivity index (χ1v) is 6.46. The van der Waals surface area contributed by atoms with Crippen molar-refractivity contribution >= 4 is 22.8 Å². The predicted octanol–water partition coefficient (Wildman–Crippen LogP) is 2.66. The Balaban J connectivity index is 2.10. The number of carbonyl (C=O) groups is 2. The van der Waals surface area contributed by atoms with Gasteiger partial charge in [0.05, 0.1) is 5.41 Å². The molecule has 1 amide bonds. The highest BCUT2D eigenvalue weighted by atomic mass is 16.4. The third kappa shape index (κ3) is 2.66. The Morgan fingerprint density at radius 1 is 1.35 bits per heavy atom. The quantitative estimate of drug-likeness (QED) is 0.879. The van der Waals surface area contributed by atoms with Crippen LogP contribution in [-0.4, -0.2) is 23.5 Å². The molecule has 1 aromatic carbocycles. The van der Waals surface area contributed by atoms with Crippen LogP contribution in [0, 0.1) is 5.41 Å².